The Balaban J connectivity index is 0.000000114. The average Bonchev–Trinajstić information content (AvgIpc) is 1.53. The highest BCUT2D eigenvalue weighted by molar-refractivity contribution is 6.14. The summed E-state index contributed by atoms with van der Waals surface area (Å²) in [6.45, 7) is 17.7. The number of hydrogen-bond donors (Lipinski definition) is 0. The lowest BCUT2D eigenvalue weighted by Gasteiger charge is -2.10. The van der Waals surface area contributed by atoms with E-state index in [1.54, 1.807) is 55.2 Å². The fourth-order valence-corrected chi connectivity index (χ4v) is 15.9. The number of pyridine rings is 9. The van der Waals surface area contributed by atoms with Gasteiger partial charge in [0.15, 0.2) is 53.3 Å². The van der Waals surface area contributed by atoms with Gasteiger partial charge in [0.05, 0.1) is 27.8 Å². The van der Waals surface area contributed by atoms with E-state index in [4.69, 9.17) is 31.7 Å². The molecule has 0 bridgehead atoms. The molecule has 14 heterocycles. The van der Waals surface area contributed by atoms with Gasteiger partial charge in [0.1, 0.15) is 46.4 Å². The Hall–Kier alpha value is -13.3. The number of rotatable bonds is 7. The van der Waals surface area contributed by atoms with E-state index in [9.17, 15) is 0 Å². The first kappa shape index (κ1) is 67.4. The molecule has 0 radical (unpaired) electrons. The number of fused-ring (bicyclic) bond motifs is 15. The molecule has 20 rings (SSSR count). The van der Waals surface area contributed by atoms with Crippen LogP contribution in [0, 0.1) is 62.2 Å². The minimum atomic E-state index is -2.51. The average molecular weight is 1520 g/mol. The number of aryl methyl sites for hydroxylation is 14. The van der Waals surface area contributed by atoms with Crippen molar-refractivity contribution in [2.24, 2.45) is 35.2 Å². The molecule has 1 unspecified atom stereocenters. The Bertz CT molecular complexity index is 7510. The molecule has 0 spiro atoms. The predicted octanol–water partition coefficient (Wildman–Crippen LogP) is 23.0. The molecule has 0 saturated carbocycles. The molecule has 14 nitrogen and oxygen atoms in total. The molecule has 6 aromatic carbocycles. The quantitative estimate of drug-likeness (QED) is 0.143. The third-order valence-electron chi connectivity index (χ3n) is 22.1. The van der Waals surface area contributed by atoms with Crippen molar-refractivity contribution in [2.75, 3.05) is 0 Å². The maximum absolute atomic E-state index is 8.50. The van der Waals surface area contributed by atoms with E-state index in [0.717, 1.165) is 105 Å². The van der Waals surface area contributed by atoms with Crippen molar-refractivity contribution in [2.45, 2.75) is 102 Å². The molecule has 570 valence electrons. The predicted molar refractivity (Wildman–Crippen MR) is 464 cm³/mol. The third-order valence-corrected chi connectivity index (χ3v) is 22.1. The van der Waals surface area contributed by atoms with E-state index in [-0.39, 0.29) is 5.56 Å². The summed E-state index contributed by atoms with van der Waals surface area (Å²) >= 11 is 0. The van der Waals surface area contributed by atoms with E-state index in [1.165, 1.54) is 57.1 Å². The van der Waals surface area contributed by atoms with Crippen molar-refractivity contribution in [3.63, 3.8) is 0 Å². The first-order chi connectivity index (χ1) is 58.3. The first-order valence-electron chi connectivity index (χ1n) is 42.2. The van der Waals surface area contributed by atoms with E-state index in [1.807, 2.05) is 67.1 Å². The van der Waals surface area contributed by atoms with Crippen LogP contribution in [0.1, 0.15) is 110 Å². The van der Waals surface area contributed by atoms with Gasteiger partial charge < -0.3 is 22.1 Å². The summed E-state index contributed by atoms with van der Waals surface area (Å²) in [6, 6.07) is 62.6. The SMILES string of the molecule is Cc1cc(-c2c(C)ccc3c2oc2ncccc23)[n+](C)cc1C.Cc1ccc(-c2c(C)ccc3c2oc2ncccc23)[n+](C)c1.Cc1ccc2c(oc3ncccc32)c1-c1cc(C(C)C)cc[n+]1C.Cc1ccc2c(oc3ncccc32)c1-c1cccc[n+]1C.[2H]C([2H])([2H])c1cc(C)c(-c2cc(C([2H])(C)C([2H])([2H])[2H])cc[n+]2C)c2oc3ccccc3c12. The first-order valence-corrected chi connectivity index (χ1v) is 38.7. The van der Waals surface area contributed by atoms with Crippen LogP contribution in [0.5, 0.6) is 0 Å². The van der Waals surface area contributed by atoms with Crippen molar-refractivity contribution in [1.82, 2.24) is 19.9 Å². The lowest BCUT2D eigenvalue weighted by atomic mass is 9.95. The molecule has 14 heteroatoms. The van der Waals surface area contributed by atoms with Gasteiger partial charge in [0, 0.05) is 148 Å². The molecule has 20 aromatic rings. The van der Waals surface area contributed by atoms with Crippen LogP contribution >= 0.6 is 0 Å². The zero-order valence-electron chi connectivity index (χ0n) is 74.7. The molecule has 14 aromatic heterocycles. The summed E-state index contributed by atoms with van der Waals surface area (Å²) in [6.07, 6.45) is 17.3. The highest BCUT2D eigenvalue weighted by Crippen LogP contribution is 2.43. The molecular weight excluding hydrogens is 1420 g/mol. The monoisotopic (exact) mass is 1520 g/mol. The number of furan rings is 5. The van der Waals surface area contributed by atoms with Crippen LogP contribution in [0.2, 0.25) is 0 Å². The molecule has 0 fully saturated rings. The van der Waals surface area contributed by atoms with Gasteiger partial charge in [-0.3, -0.25) is 0 Å². The molecule has 0 saturated heterocycles. The van der Waals surface area contributed by atoms with Crippen molar-refractivity contribution in [3.05, 3.63) is 305 Å². The topological polar surface area (TPSA) is 137 Å². The van der Waals surface area contributed by atoms with Crippen molar-refractivity contribution in [3.8, 4) is 56.3 Å². The minimum absolute atomic E-state index is 0.213. The maximum Gasteiger partial charge on any atom is 0.227 e. The van der Waals surface area contributed by atoms with Crippen LogP contribution < -0.4 is 22.8 Å². The zero-order valence-corrected chi connectivity index (χ0v) is 67.7. The summed E-state index contributed by atoms with van der Waals surface area (Å²) in [5.41, 5.74) is 29.1. The molecule has 0 aliphatic carbocycles. The van der Waals surface area contributed by atoms with E-state index >= 15 is 0 Å². The number of benzene rings is 6. The molecule has 0 N–H and O–H groups in total. The zero-order chi connectivity index (χ0) is 86.3. The van der Waals surface area contributed by atoms with E-state index in [2.05, 4.69) is 269 Å². The Morgan fingerprint density at radius 1 is 0.313 bits per heavy atom. The second kappa shape index (κ2) is 31.0. The minimum Gasteiger partial charge on any atom is -0.455 e. The van der Waals surface area contributed by atoms with Crippen LogP contribution in [-0.2, 0) is 35.2 Å². The Morgan fingerprint density at radius 3 is 1.18 bits per heavy atom. The number of aromatic nitrogens is 9. The summed E-state index contributed by atoms with van der Waals surface area (Å²) in [5.74, 6) is -1.32. The molecular formula is C101H96N9O5+5. The van der Waals surface area contributed by atoms with Crippen LogP contribution in [0.4, 0.5) is 0 Å². The van der Waals surface area contributed by atoms with Gasteiger partial charge in [-0.25, -0.2) is 42.8 Å². The van der Waals surface area contributed by atoms with Crippen LogP contribution in [0.15, 0.2) is 266 Å². The van der Waals surface area contributed by atoms with Crippen molar-refractivity contribution < 1.29 is 54.5 Å². The second-order valence-electron chi connectivity index (χ2n) is 30.5. The van der Waals surface area contributed by atoms with E-state index in [0.29, 0.717) is 73.1 Å². The molecule has 0 aliphatic heterocycles. The standard InChI is InChI=1S/C23H24NO.C21H21N2O.C20H19N2O.C19H17N2O.C18H15N2O/c1-14(2)17-10-11-24(5)19(13-17)22-16(4)12-15(3)21-18-8-6-7-9-20(18)25-23(21)22;1-13(2)15-9-11-23(4)18(12-15)19-14(3)7-8-16-17-6-5-10-22-21(17)24-20(16)19;1-12-7-8-15-16-6-5-9-21-20(16)23-19(15)18(12)17-10-13(2)14(3)11-22(17)4;1-12-6-9-16(21(3)11-12)17-13(2)7-8-14-15-5-4-10-20-19(15)22-18(14)17;1-12-8-9-13-14-6-5-10-19-18(14)21-17(13)16(12)15-7-3-4-11-20(15)2/h6-14H,1-5H3;5-13H,1-4H3;5-11H,1-4H3;4-11H,1-3H3;3-11H,1-2H3/q5*+1/i1D3,3D3,14D;;;;. The van der Waals surface area contributed by atoms with Gasteiger partial charge in [-0.15, -0.1) is 0 Å². The lowest BCUT2D eigenvalue weighted by molar-refractivity contribution is -0.660. The summed E-state index contributed by atoms with van der Waals surface area (Å²) in [7, 11) is 10.1. The van der Waals surface area contributed by atoms with Gasteiger partial charge >= 0.3 is 0 Å². The normalized spacial score (nSPS) is 13.2. The van der Waals surface area contributed by atoms with Crippen LogP contribution in [-0.4, -0.2) is 19.9 Å². The summed E-state index contributed by atoms with van der Waals surface area (Å²) in [4.78, 5) is 17.4. The largest absolute Gasteiger partial charge is 0.455 e. The third kappa shape index (κ3) is 14.1. The molecule has 0 aliphatic rings. The van der Waals surface area contributed by atoms with Gasteiger partial charge in [-0.05, 0) is 191 Å². The Labute approximate surface area is 679 Å². The highest BCUT2D eigenvalue weighted by Gasteiger charge is 2.28. The van der Waals surface area contributed by atoms with Crippen LogP contribution in [0.3, 0.4) is 0 Å². The van der Waals surface area contributed by atoms with Gasteiger partial charge in [-0.2, -0.15) is 0 Å². The number of para-hydroxylation sites is 1. The molecule has 115 heavy (non-hydrogen) atoms. The second-order valence-corrected chi connectivity index (χ2v) is 30.5. The van der Waals surface area contributed by atoms with Gasteiger partial charge in [0.25, 0.3) is 0 Å². The summed E-state index contributed by atoms with van der Waals surface area (Å²) < 4.78 is 97.1. The summed E-state index contributed by atoms with van der Waals surface area (Å²) in [5, 5.41) is 9.96. The Morgan fingerprint density at radius 2 is 0.722 bits per heavy atom. The molecule has 1 atom stereocenters. The van der Waals surface area contributed by atoms with Crippen molar-refractivity contribution >= 4 is 110 Å². The Kier molecular flexibility index (Phi) is 18.1. The van der Waals surface area contributed by atoms with Gasteiger partial charge in [0.2, 0.25) is 51.3 Å². The maximum atomic E-state index is 8.50. The fourth-order valence-electron chi connectivity index (χ4n) is 15.9. The van der Waals surface area contributed by atoms with Crippen LogP contribution in [0.25, 0.3) is 167 Å². The van der Waals surface area contributed by atoms with Gasteiger partial charge in [-0.1, -0.05) is 100 Å². The number of nitrogens with zero attached hydrogens (tertiary/aromatic N) is 9. The van der Waals surface area contributed by atoms with E-state index < -0.39 is 19.6 Å². The number of hydrogen-bond acceptors (Lipinski definition) is 9. The highest BCUT2D eigenvalue weighted by atomic mass is 16.4. The fraction of sp³-hybridized carbons (Fsp3) is 0.198. The smallest absolute Gasteiger partial charge is 0.227 e. The molecule has 0 amide bonds. The van der Waals surface area contributed by atoms with Crippen molar-refractivity contribution in [1.29, 1.82) is 0 Å². The lowest BCUT2D eigenvalue weighted by Crippen LogP contribution is -2.31.